The summed E-state index contributed by atoms with van der Waals surface area (Å²) in [7, 11) is -1.80. The van der Waals surface area contributed by atoms with Crippen LogP contribution in [-0.2, 0) is 21.3 Å². The average molecular weight is 262 g/mol. The number of hydrogen-bond donors (Lipinski definition) is 1. The van der Waals surface area contributed by atoms with E-state index in [1.165, 1.54) is 11.4 Å². The van der Waals surface area contributed by atoms with E-state index >= 15 is 0 Å². The van der Waals surface area contributed by atoms with Crippen molar-refractivity contribution in [2.45, 2.75) is 20.4 Å². The molecule has 0 radical (unpaired) electrons. The SMILES string of the molecule is CCOCCS(=O)(=O)N(C)Cc1n[nH]c(C)n1. The number of ether oxygens (including phenoxy) is 1. The number of nitrogens with one attached hydrogen (secondary N) is 1. The van der Waals surface area contributed by atoms with Crippen LogP contribution in [0.1, 0.15) is 18.6 Å². The Morgan fingerprint density at radius 1 is 1.47 bits per heavy atom. The molecule has 17 heavy (non-hydrogen) atoms. The zero-order valence-corrected chi connectivity index (χ0v) is 11.1. The molecule has 8 heteroatoms. The molecule has 0 amide bonds. The van der Waals surface area contributed by atoms with E-state index in [4.69, 9.17) is 4.74 Å². The molecule has 0 aromatic carbocycles. The minimum atomic E-state index is -3.31. The molecular formula is C9H18N4O3S. The number of aryl methyl sites for hydroxylation is 1. The summed E-state index contributed by atoms with van der Waals surface area (Å²) in [5, 5.41) is 6.56. The number of sulfonamides is 1. The molecule has 1 N–H and O–H groups in total. The van der Waals surface area contributed by atoms with E-state index in [1.807, 2.05) is 6.92 Å². The monoisotopic (exact) mass is 262 g/mol. The third kappa shape index (κ3) is 4.41. The van der Waals surface area contributed by atoms with E-state index in [-0.39, 0.29) is 18.9 Å². The molecule has 0 spiro atoms. The fourth-order valence-electron chi connectivity index (χ4n) is 1.22. The Morgan fingerprint density at radius 3 is 2.71 bits per heavy atom. The summed E-state index contributed by atoms with van der Waals surface area (Å²) in [6, 6.07) is 0. The number of aromatic amines is 1. The van der Waals surface area contributed by atoms with Gasteiger partial charge in [0.1, 0.15) is 5.82 Å². The van der Waals surface area contributed by atoms with Gasteiger partial charge in [0.2, 0.25) is 10.0 Å². The van der Waals surface area contributed by atoms with Gasteiger partial charge in [0.15, 0.2) is 5.82 Å². The Hall–Kier alpha value is -0.990. The van der Waals surface area contributed by atoms with E-state index in [9.17, 15) is 8.42 Å². The molecule has 0 aliphatic heterocycles. The molecule has 0 atom stereocenters. The highest BCUT2D eigenvalue weighted by Crippen LogP contribution is 2.03. The Kier molecular flexibility index (Phi) is 5.03. The highest BCUT2D eigenvalue weighted by Gasteiger charge is 2.19. The van der Waals surface area contributed by atoms with E-state index in [2.05, 4.69) is 15.2 Å². The molecule has 1 aromatic rings. The zero-order chi connectivity index (χ0) is 12.9. The van der Waals surface area contributed by atoms with Crippen molar-refractivity contribution in [3.05, 3.63) is 11.6 Å². The predicted octanol–water partition coefficient (Wildman–Crippen LogP) is -0.0888. The molecule has 98 valence electrons. The van der Waals surface area contributed by atoms with Crippen LogP contribution in [0.2, 0.25) is 0 Å². The van der Waals surface area contributed by atoms with Crippen LogP contribution in [0.4, 0.5) is 0 Å². The van der Waals surface area contributed by atoms with Crippen molar-refractivity contribution in [3.63, 3.8) is 0 Å². The van der Waals surface area contributed by atoms with Gasteiger partial charge in [0, 0.05) is 13.7 Å². The van der Waals surface area contributed by atoms with Gasteiger partial charge in [-0.05, 0) is 13.8 Å². The molecule has 1 aromatic heterocycles. The molecule has 0 aliphatic rings. The van der Waals surface area contributed by atoms with Gasteiger partial charge in [0.25, 0.3) is 0 Å². The second-order valence-electron chi connectivity index (χ2n) is 3.61. The lowest BCUT2D eigenvalue weighted by molar-refractivity contribution is 0.162. The highest BCUT2D eigenvalue weighted by atomic mass is 32.2. The van der Waals surface area contributed by atoms with Gasteiger partial charge in [-0.15, -0.1) is 0 Å². The second-order valence-corrected chi connectivity index (χ2v) is 5.80. The highest BCUT2D eigenvalue weighted by molar-refractivity contribution is 7.89. The molecule has 1 rings (SSSR count). The Labute approximate surface area is 101 Å². The molecule has 0 bridgehead atoms. The van der Waals surface area contributed by atoms with Crippen molar-refractivity contribution < 1.29 is 13.2 Å². The lowest BCUT2D eigenvalue weighted by Crippen LogP contribution is -2.31. The minimum Gasteiger partial charge on any atom is -0.381 e. The van der Waals surface area contributed by atoms with Crippen LogP contribution in [0.25, 0.3) is 0 Å². The van der Waals surface area contributed by atoms with Crippen LogP contribution in [0.5, 0.6) is 0 Å². The Morgan fingerprint density at radius 2 is 2.18 bits per heavy atom. The first-order valence-electron chi connectivity index (χ1n) is 5.35. The zero-order valence-electron chi connectivity index (χ0n) is 10.3. The summed E-state index contributed by atoms with van der Waals surface area (Å²) in [4.78, 5) is 4.06. The van der Waals surface area contributed by atoms with Crippen molar-refractivity contribution in [2.24, 2.45) is 0 Å². The lowest BCUT2D eigenvalue weighted by Gasteiger charge is -2.15. The molecule has 0 unspecified atom stereocenters. The van der Waals surface area contributed by atoms with E-state index in [0.29, 0.717) is 18.3 Å². The van der Waals surface area contributed by atoms with Crippen LogP contribution in [0.3, 0.4) is 0 Å². The maximum Gasteiger partial charge on any atom is 0.216 e. The maximum absolute atomic E-state index is 11.8. The first kappa shape index (κ1) is 14.1. The van der Waals surface area contributed by atoms with Crippen LogP contribution in [0, 0.1) is 6.92 Å². The minimum absolute atomic E-state index is 0.0270. The number of aromatic nitrogens is 3. The summed E-state index contributed by atoms with van der Waals surface area (Å²) in [5.41, 5.74) is 0. The second kappa shape index (κ2) is 6.08. The van der Waals surface area contributed by atoms with E-state index < -0.39 is 10.0 Å². The predicted molar refractivity (Wildman–Crippen MR) is 62.9 cm³/mol. The Bertz CT molecular complexity index is 443. The van der Waals surface area contributed by atoms with Gasteiger partial charge >= 0.3 is 0 Å². The van der Waals surface area contributed by atoms with Crippen molar-refractivity contribution in [1.82, 2.24) is 19.5 Å². The average Bonchev–Trinajstić information content (AvgIpc) is 2.64. The summed E-state index contributed by atoms with van der Waals surface area (Å²) >= 11 is 0. The first-order valence-corrected chi connectivity index (χ1v) is 6.96. The molecule has 0 saturated heterocycles. The van der Waals surface area contributed by atoms with Crippen LogP contribution >= 0.6 is 0 Å². The van der Waals surface area contributed by atoms with Crippen molar-refractivity contribution in [3.8, 4) is 0 Å². The van der Waals surface area contributed by atoms with Crippen LogP contribution in [-0.4, -0.2) is 53.9 Å². The Balaban J connectivity index is 2.53. The van der Waals surface area contributed by atoms with Crippen LogP contribution in [0.15, 0.2) is 0 Å². The van der Waals surface area contributed by atoms with Gasteiger partial charge in [-0.1, -0.05) is 0 Å². The summed E-state index contributed by atoms with van der Waals surface area (Å²) in [5.74, 6) is 1.10. The fourth-order valence-corrected chi connectivity index (χ4v) is 2.17. The quantitative estimate of drug-likeness (QED) is 0.694. The summed E-state index contributed by atoms with van der Waals surface area (Å²) < 4.78 is 29.9. The molecule has 0 fully saturated rings. The van der Waals surface area contributed by atoms with Crippen molar-refractivity contribution in [2.75, 3.05) is 26.0 Å². The number of hydrogen-bond acceptors (Lipinski definition) is 5. The first-order chi connectivity index (χ1) is 7.95. The van der Waals surface area contributed by atoms with Gasteiger partial charge in [0.05, 0.1) is 18.9 Å². The number of nitrogens with zero attached hydrogens (tertiary/aromatic N) is 3. The third-order valence-corrected chi connectivity index (χ3v) is 3.93. The van der Waals surface area contributed by atoms with Gasteiger partial charge in [-0.25, -0.2) is 13.4 Å². The van der Waals surface area contributed by atoms with Crippen molar-refractivity contribution >= 4 is 10.0 Å². The molecular weight excluding hydrogens is 244 g/mol. The smallest absolute Gasteiger partial charge is 0.216 e. The normalized spacial score (nSPS) is 12.2. The molecule has 0 saturated carbocycles. The fraction of sp³-hybridized carbons (Fsp3) is 0.778. The van der Waals surface area contributed by atoms with Crippen molar-refractivity contribution in [1.29, 1.82) is 0 Å². The molecule has 7 nitrogen and oxygen atoms in total. The summed E-state index contributed by atoms with van der Waals surface area (Å²) in [6.45, 7) is 4.47. The number of H-pyrrole nitrogens is 1. The van der Waals surface area contributed by atoms with Gasteiger partial charge in [-0.2, -0.15) is 9.40 Å². The summed E-state index contributed by atoms with van der Waals surface area (Å²) in [6.07, 6.45) is 0. The number of rotatable bonds is 7. The topological polar surface area (TPSA) is 88.2 Å². The van der Waals surface area contributed by atoms with Crippen LogP contribution < -0.4 is 0 Å². The maximum atomic E-state index is 11.8. The van der Waals surface area contributed by atoms with Gasteiger partial charge in [-0.3, -0.25) is 5.10 Å². The van der Waals surface area contributed by atoms with E-state index in [1.54, 1.807) is 6.92 Å². The van der Waals surface area contributed by atoms with E-state index in [0.717, 1.165) is 0 Å². The van der Waals surface area contributed by atoms with Gasteiger partial charge < -0.3 is 4.74 Å². The largest absolute Gasteiger partial charge is 0.381 e. The third-order valence-electron chi connectivity index (χ3n) is 2.17. The molecule has 0 aliphatic carbocycles. The lowest BCUT2D eigenvalue weighted by atomic mass is 10.6. The molecule has 1 heterocycles. The standard InChI is InChI=1S/C9H18N4O3S/c1-4-16-5-6-17(14,15)13(3)7-9-10-8(2)11-12-9/h4-7H2,1-3H3,(H,10,11,12).